The van der Waals surface area contributed by atoms with Crippen molar-refractivity contribution in [2.75, 3.05) is 0 Å². The molecule has 2 aromatic carbocycles. The van der Waals surface area contributed by atoms with Crippen molar-refractivity contribution in [1.29, 1.82) is 0 Å². The van der Waals surface area contributed by atoms with Crippen LogP contribution in [0.5, 0.6) is 11.5 Å². The highest BCUT2D eigenvalue weighted by Gasteiger charge is 2.16. The van der Waals surface area contributed by atoms with Gasteiger partial charge in [-0.15, -0.1) is 0 Å². The third kappa shape index (κ3) is 3.38. The van der Waals surface area contributed by atoms with Gasteiger partial charge in [-0.1, -0.05) is 17.7 Å². The number of carbonyl (C=O) groups excluding carboxylic acids is 1. The van der Waals surface area contributed by atoms with Gasteiger partial charge >= 0.3 is 0 Å². The van der Waals surface area contributed by atoms with Crippen LogP contribution in [0.1, 0.15) is 22.8 Å². The average Bonchev–Trinajstić information content (AvgIpc) is 2.42. The highest BCUT2D eigenvalue weighted by molar-refractivity contribution is 6.32. The number of benzene rings is 2. The number of Topliss-reactive ketones (excluding diaryl/α,β-unsaturated/α-hetero) is 1. The molecule has 0 aliphatic rings. The first-order valence-electron chi connectivity index (χ1n) is 6.12. The summed E-state index contributed by atoms with van der Waals surface area (Å²) in [7, 11) is 0. The number of ether oxygens (including phenoxy) is 1. The molecule has 0 aliphatic carbocycles. The van der Waals surface area contributed by atoms with Crippen LogP contribution in [0.2, 0.25) is 5.02 Å². The van der Waals surface area contributed by atoms with Crippen LogP contribution in [0.4, 0.5) is 5.69 Å². The number of halogens is 1. The quantitative estimate of drug-likeness (QED) is 0.472. The number of aryl methyl sites for hydroxylation is 1. The summed E-state index contributed by atoms with van der Waals surface area (Å²) in [5.41, 5.74) is 0.922. The van der Waals surface area contributed by atoms with E-state index in [9.17, 15) is 14.9 Å². The number of nitro benzene ring substituents is 1. The topological polar surface area (TPSA) is 69.4 Å². The van der Waals surface area contributed by atoms with Gasteiger partial charge in [0.15, 0.2) is 5.78 Å². The largest absolute Gasteiger partial charge is 0.455 e. The molecular weight excluding hydrogens is 294 g/mol. The minimum absolute atomic E-state index is 0.141. The van der Waals surface area contributed by atoms with E-state index in [1.165, 1.54) is 25.1 Å². The van der Waals surface area contributed by atoms with Crippen LogP contribution in [-0.4, -0.2) is 10.7 Å². The Bertz CT molecular complexity index is 728. The van der Waals surface area contributed by atoms with E-state index in [0.717, 1.165) is 5.56 Å². The molecule has 0 saturated carbocycles. The maximum atomic E-state index is 11.6. The van der Waals surface area contributed by atoms with Crippen LogP contribution >= 0.6 is 11.6 Å². The number of hydrogen-bond donors (Lipinski definition) is 0. The molecule has 21 heavy (non-hydrogen) atoms. The molecule has 5 nitrogen and oxygen atoms in total. The Kier molecular flexibility index (Phi) is 4.23. The Hall–Kier alpha value is -2.40. The summed E-state index contributed by atoms with van der Waals surface area (Å²) in [6.45, 7) is 3.20. The van der Waals surface area contributed by atoms with Gasteiger partial charge in [-0.2, -0.15) is 0 Å². The van der Waals surface area contributed by atoms with Gasteiger partial charge < -0.3 is 4.74 Å². The molecule has 0 aliphatic heterocycles. The SMILES string of the molecule is CC(=O)c1cc([N+](=O)[O-])ccc1Oc1cc(C)ccc1Cl. The third-order valence-electron chi connectivity index (χ3n) is 2.86. The van der Waals surface area contributed by atoms with E-state index in [1.54, 1.807) is 12.1 Å². The predicted molar refractivity (Wildman–Crippen MR) is 79.4 cm³/mol. The fourth-order valence-electron chi connectivity index (χ4n) is 1.80. The molecule has 0 aromatic heterocycles. The number of rotatable bonds is 4. The summed E-state index contributed by atoms with van der Waals surface area (Å²) in [6.07, 6.45) is 0. The van der Waals surface area contributed by atoms with Crippen molar-refractivity contribution in [1.82, 2.24) is 0 Å². The van der Waals surface area contributed by atoms with Crippen LogP contribution in [0.25, 0.3) is 0 Å². The third-order valence-corrected chi connectivity index (χ3v) is 3.17. The van der Waals surface area contributed by atoms with Crippen LogP contribution in [0.15, 0.2) is 36.4 Å². The molecule has 0 saturated heterocycles. The first-order chi connectivity index (χ1) is 9.88. The van der Waals surface area contributed by atoms with Gasteiger partial charge in [-0.05, 0) is 37.6 Å². The van der Waals surface area contributed by atoms with Crippen molar-refractivity contribution in [3.63, 3.8) is 0 Å². The van der Waals surface area contributed by atoms with Gasteiger partial charge in [0.25, 0.3) is 5.69 Å². The number of non-ortho nitro benzene ring substituents is 1. The molecule has 0 heterocycles. The number of nitrogens with zero attached hydrogens (tertiary/aromatic N) is 1. The Morgan fingerprint density at radius 1 is 1.19 bits per heavy atom. The molecule has 2 aromatic rings. The second kappa shape index (κ2) is 5.93. The zero-order chi connectivity index (χ0) is 15.6. The van der Waals surface area contributed by atoms with Crippen LogP contribution in [0, 0.1) is 17.0 Å². The number of nitro groups is 1. The molecule has 0 fully saturated rings. The van der Waals surface area contributed by atoms with Gasteiger partial charge in [0.05, 0.1) is 15.5 Å². The smallest absolute Gasteiger partial charge is 0.270 e. The zero-order valence-corrected chi connectivity index (χ0v) is 12.2. The maximum absolute atomic E-state index is 11.6. The summed E-state index contributed by atoms with van der Waals surface area (Å²) in [4.78, 5) is 21.9. The van der Waals surface area contributed by atoms with Crippen molar-refractivity contribution in [2.45, 2.75) is 13.8 Å². The van der Waals surface area contributed by atoms with Gasteiger partial charge in [-0.3, -0.25) is 14.9 Å². The molecule has 0 atom stereocenters. The fourth-order valence-corrected chi connectivity index (χ4v) is 1.96. The van der Waals surface area contributed by atoms with E-state index >= 15 is 0 Å². The normalized spacial score (nSPS) is 10.2. The van der Waals surface area contributed by atoms with Gasteiger partial charge in [0.1, 0.15) is 11.5 Å². The maximum Gasteiger partial charge on any atom is 0.270 e. The van der Waals surface area contributed by atoms with E-state index < -0.39 is 4.92 Å². The van der Waals surface area contributed by atoms with Gasteiger partial charge in [-0.25, -0.2) is 0 Å². The van der Waals surface area contributed by atoms with Gasteiger partial charge in [0.2, 0.25) is 0 Å². The summed E-state index contributed by atoms with van der Waals surface area (Å²) in [5, 5.41) is 11.2. The van der Waals surface area contributed by atoms with Crippen molar-refractivity contribution in [3.05, 3.63) is 62.7 Å². The fraction of sp³-hybridized carbons (Fsp3) is 0.133. The molecule has 0 amide bonds. The van der Waals surface area contributed by atoms with Crippen molar-refractivity contribution >= 4 is 23.1 Å². The molecular formula is C15H12ClNO4. The van der Waals surface area contributed by atoms with Gasteiger partial charge in [0, 0.05) is 12.1 Å². The van der Waals surface area contributed by atoms with Crippen molar-refractivity contribution in [2.24, 2.45) is 0 Å². The van der Waals surface area contributed by atoms with E-state index in [0.29, 0.717) is 10.8 Å². The predicted octanol–water partition coefficient (Wildman–Crippen LogP) is 4.55. The monoisotopic (exact) mass is 305 g/mol. The molecule has 0 spiro atoms. The Morgan fingerprint density at radius 2 is 1.90 bits per heavy atom. The highest BCUT2D eigenvalue weighted by Crippen LogP contribution is 2.33. The van der Waals surface area contributed by atoms with Crippen LogP contribution < -0.4 is 4.74 Å². The van der Waals surface area contributed by atoms with Crippen molar-refractivity contribution in [3.8, 4) is 11.5 Å². The average molecular weight is 306 g/mol. The number of ketones is 1. The summed E-state index contributed by atoms with van der Waals surface area (Å²) < 4.78 is 5.64. The first-order valence-corrected chi connectivity index (χ1v) is 6.49. The standard InChI is InChI=1S/C15H12ClNO4/c1-9-3-5-13(16)15(7-9)21-14-6-4-11(17(19)20)8-12(14)10(2)18/h3-8H,1-2H3. The lowest BCUT2D eigenvalue weighted by molar-refractivity contribution is -0.384. The van der Waals surface area contributed by atoms with Crippen molar-refractivity contribution < 1.29 is 14.5 Å². The first kappa shape index (κ1) is 15.0. The highest BCUT2D eigenvalue weighted by atomic mass is 35.5. The Balaban J connectivity index is 2.46. The number of carbonyl (C=O) groups is 1. The minimum atomic E-state index is -0.560. The molecule has 0 N–H and O–H groups in total. The zero-order valence-electron chi connectivity index (χ0n) is 11.4. The number of hydrogen-bond acceptors (Lipinski definition) is 4. The summed E-state index contributed by atoms with van der Waals surface area (Å²) in [5.74, 6) is 0.311. The molecule has 108 valence electrons. The Morgan fingerprint density at radius 3 is 2.52 bits per heavy atom. The summed E-state index contributed by atoms with van der Waals surface area (Å²) >= 11 is 6.04. The summed E-state index contributed by atoms with van der Waals surface area (Å²) in [6, 6.07) is 9.12. The lowest BCUT2D eigenvalue weighted by atomic mass is 10.1. The second-order valence-electron chi connectivity index (χ2n) is 4.53. The van der Waals surface area contributed by atoms with E-state index in [2.05, 4.69) is 0 Å². The van der Waals surface area contributed by atoms with E-state index in [-0.39, 0.29) is 22.8 Å². The Labute approximate surface area is 126 Å². The minimum Gasteiger partial charge on any atom is -0.455 e. The lowest BCUT2D eigenvalue weighted by Crippen LogP contribution is -1.99. The molecule has 2 rings (SSSR count). The van der Waals surface area contributed by atoms with Crippen LogP contribution in [-0.2, 0) is 0 Å². The molecule has 6 heteroatoms. The lowest BCUT2D eigenvalue weighted by Gasteiger charge is -2.11. The second-order valence-corrected chi connectivity index (χ2v) is 4.94. The molecule has 0 bridgehead atoms. The van der Waals surface area contributed by atoms with Crippen LogP contribution in [0.3, 0.4) is 0 Å². The van der Waals surface area contributed by atoms with E-state index in [1.807, 2.05) is 13.0 Å². The molecule has 0 radical (unpaired) electrons. The molecule has 0 unspecified atom stereocenters. The van der Waals surface area contributed by atoms with E-state index in [4.69, 9.17) is 16.3 Å².